The number of hydrogen-bond donors (Lipinski definition) is 1. The second-order valence-corrected chi connectivity index (χ2v) is 3.84. The number of nitrogens with zero attached hydrogens (tertiary/aromatic N) is 2. The fraction of sp³-hybridized carbons (Fsp3) is 0.250. The van der Waals surface area contributed by atoms with E-state index in [1.165, 1.54) is 12.1 Å². The van der Waals surface area contributed by atoms with Crippen LogP contribution in [0, 0.1) is 12.7 Å². The van der Waals surface area contributed by atoms with Crippen LogP contribution < -0.4 is 5.73 Å². The minimum Gasteiger partial charge on any atom is -0.322 e. The van der Waals surface area contributed by atoms with Crippen molar-refractivity contribution in [1.29, 1.82) is 0 Å². The Bertz CT molecular complexity index is 461. The van der Waals surface area contributed by atoms with Crippen LogP contribution in [0.25, 0.3) is 0 Å². The SMILES string of the molecule is Cc1ccn(CC(N)c2ccc(F)cc2)n1. The van der Waals surface area contributed by atoms with Gasteiger partial charge < -0.3 is 5.73 Å². The minimum atomic E-state index is -0.245. The number of hydrogen-bond acceptors (Lipinski definition) is 2. The molecule has 1 aromatic carbocycles. The van der Waals surface area contributed by atoms with Crippen molar-refractivity contribution < 1.29 is 4.39 Å². The van der Waals surface area contributed by atoms with E-state index in [9.17, 15) is 4.39 Å². The van der Waals surface area contributed by atoms with Gasteiger partial charge in [0.2, 0.25) is 0 Å². The maximum Gasteiger partial charge on any atom is 0.123 e. The molecule has 84 valence electrons. The molecule has 0 aliphatic carbocycles. The smallest absolute Gasteiger partial charge is 0.123 e. The second-order valence-electron chi connectivity index (χ2n) is 3.84. The lowest BCUT2D eigenvalue weighted by Gasteiger charge is -2.11. The van der Waals surface area contributed by atoms with Gasteiger partial charge in [-0.2, -0.15) is 5.10 Å². The molecule has 16 heavy (non-hydrogen) atoms. The van der Waals surface area contributed by atoms with Crippen molar-refractivity contribution in [3.63, 3.8) is 0 Å². The Labute approximate surface area is 93.7 Å². The Balaban J connectivity index is 2.08. The highest BCUT2D eigenvalue weighted by Crippen LogP contribution is 2.13. The topological polar surface area (TPSA) is 43.8 Å². The molecule has 0 fully saturated rings. The molecule has 0 bridgehead atoms. The third-order valence-corrected chi connectivity index (χ3v) is 2.46. The van der Waals surface area contributed by atoms with Gasteiger partial charge >= 0.3 is 0 Å². The number of halogens is 1. The summed E-state index contributed by atoms with van der Waals surface area (Å²) in [7, 11) is 0. The van der Waals surface area contributed by atoms with Gasteiger partial charge in [0.25, 0.3) is 0 Å². The van der Waals surface area contributed by atoms with Gasteiger partial charge in [0, 0.05) is 12.2 Å². The minimum absolute atomic E-state index is 0.167. The lowest BCUT2D eigenvalue weighted by molar-refractivity contribution is 0.524. The van der Waals surface area contributed by atoms with E-state index in [1.54, 1.807) is 16.8 Å². The van der Waals surface area contributed by atoms with Crippen molar-refractivity contribution in [2.75, 3.05) is 0 Å². The number of rotatable bonds is 3. The summed E-state index contributed by atoms with van der Waals surface area (Å²) in [6, 6.07) is 8.01. The van der Waals surface area contributed by atoms with Crippen LogP contribution in [0.15, 0.2) is 36.5 Å². The molecular weight excluding hydrogens is 205 g/mol. The second kappa shape index (κ2) is 4.45. The largest absolute Gasteiger partial charge is 0.322 e. The first kappa shape index (κ1) is 10.8. The van der Waals surface area contributed by atoms with Gasteiger partial charge in [-0.3, -0.25) is 4.68 Å². The fourth-order valence-electron chi connectivity index (χ4n) is 1.58. The van der Waals surface area contributed by atoms with Crippen LogP contribution in [0.5, 0.6) is 0 Å². The van der Waals surface area contributed by atoms with Crippen LogP contribution in [0.3, 0.4) is 0 Å². The highest BCUT2D eigenvalue weighted by molar-refractivity contribution is 5.19. The summed E-state index contributed by atoms with van der Waals surface area (Å²) in [5.74, 6) is -0.245. The predicted molar refractivity (Wildman–Crippen MR) is 60.3 cm³/mol. The maximum atomic E-state index is 12.7. The molecule has 1 heterocycles. The van der Waals surface area contributed by atoms with Gasteiger partial charge in [-0.15, -0.1) is 0 Å². The quantitative estimate of drug-likeness (QED) is 0.858. The first-order valence-electron chi connectivity index (χ1n) is 5.16. The van der Waals surface area contributed by atoms with E-state index in [0.717, 1.165) is 11.3 Å². The highest BCUT2D eigenvalue weighted by Gasteiger charge is 2.07. The summed E-state index contributed by atoms with van der Waals surface area (Å²) in [6.45, 7) is 2.53. The molecule has 4 heteroatoms. The average Bonchev–Trinajstić information content (AvgIpc) is 2.65. The highest BCUT2D eigenvalue weighted by atomic mass is 19.1. The summed E-state index contributed by atoms with van der Waals surface area (Å²) in [5.41, 5.74) is 7.88. The number of benzene rings is 1. The average molecular weight is 219 g/mol. The number of aryl methyl sites for hydroxylation is 1. The number of aromatic nitrogens is 2. The Morgan fingerprint density at radius 2 is 2.00 bits per heavy atom. The van der Waals surface area contributed by atoms with Crippen LogP contribution >= 0.6 is 0 Å². The van der Waals surface area contributed by atoms with Crippen molar-refractivity contribution in [3.05, 3.63) is 53.6 Å². The molecule has 1 unspecified atom stereocenters. The number of nitrogens with two attached hydrogens (primary N) is 1. The molecule has 0 saturated heterocycles. The maximum absolute atomic E-state index is 12.7. The summed E-state index contributed by atoms with van der Waals surface area (Å²) >= 11 is 0. The van der Waals surface area contributed by atoms with E-state index in [2.05, 4.69) is 5.10 Å². The molecular formula is C12H14FN3. The summed E-state index contributed by atoms with van der Waals surface area (Å²) in [6.07, 6.45) is 1.89. The van der Waals surface area contributed by atoms with Gasteiger partial charge in [0.15, 0.2) is 0 Å². The molecule has 1 aromatic heterocycles. The van der Waals surface area contributed by atoms with Crippen LogP contribution in [0.4, 0.5) is 4.39 Å². The standard InChI is InChI=1S/C12H14FN3/c1-9-6-7-16(15-9)8-12(14)10-2-4-11(13)5-3-10/h2-7,12H,8,14H2,1H3. The summed E-state index contributed by atoms with van der Waals surface area (Å²) in [4.78, 5) is 0. The first-order chi connectivity index (χ1) is 7.65. The van der Waals surface area contributed by atoms with Gasteiger partial charge in [-0.25, -0.2) is 4.39 Å². The molecule has 0 aliphatic rings. The van der Waals surface area contributed by atoms with E-state index in [1.807, 2.05) is 19.2 Å². The van der Waals surface area contributed by atoms with Crippen molar-refractivity contribution in [3.8, 4) is 0 Å². The Kier molecular flexibility index (Phi) is 3.01. The monoisotopic (exact) mass is 219 g/mol. The molecule has 0 saturated carbocycles. The Morgan fingerprint density at radius 3 is 2.56 bits per heavy atom. The molecule has 0 amide bonds. The van der Waals surface area contributed by atoms with E-state index in [4.69, 9.17) is 5.73 Å². The van der Waals surface area contributed by atoms with Gasteiger partial charge in [-0.1, -0.05) is 12.1 Å². The van der Waals surface area contributed by atoms with Crippen molar-refractivity contribution in [2.24, 2.45) is 5.73 Å². The van der Waals surface area contributed by atoms with Gasteiger partial charge in [0.1, 0.15) is 5.82 Å². The van der Waals surface area contributed by atoms with Crippen molar-refractivity contribution in [1.82, 2.24) is 9.78 Å². The van der Waals surface area contributed by atoms with Gasteiger partial charge in [0.05, 0.1) is 12.2 Å². The zero-order valence-corrected chi connectivity index (χ0v) is 9.10. The van der Waals surface area contributed by atoms with E-state index in [0.29, 0.717) is 6.54 Å². The molecule has 1 atom stereocenters. The zero-order valence-electron chi connectivity index (χ0n) is 9.10. The van der Waals surface area contributed by atoms with Crippen molar-refractivity contribution in [2.45, 2.75) is 19.5 Å². The third-order valence-electron chi connectivity index (χ3n) is 2.46. The lowest BCUT2D eigenvalue weighted by atomic mass is 10.1. The molecule has 2 rings (SSSR count). The van der Waals surface area contributed by atoms with Crippen molar-refractivity contribution >= 4 is 0 Å². The first-order valence-corrected chi connectivity index (χ1v) is 5.16. The molecule has 2 aromatic rings. The third kappa shape index (κ3) is 2.46. The molecule has 0 aliphatic heterocycles. The molecule has 0 spiro atoms. The molecule has 3 nitrogen and oxygen atoms in total. The van der Waals surface area contributed by atoms with Crippen LogP contribution in [0.1, 0.15) is 17.3 Å². The van der Waals surface area contributed by atoms with E-state index < -0.39 is 0 Å². The molecule has 2 N–H and O–H groups in total. The Morgan fingerprint density at radius 1 is 1.31 bits per heavy atom. The van der Waals surface area contributed by atoms with Crippen LogP contribution in [-0.4, -0.2) is 9.78 Å². The van der Waals surface area contributed by atoms with Gasteiger partial charge in [-0.05, 0) is 30.7 Å². The van der Waals surface area contributed by atoms with Crippen LogP contribution in [0.2, 0.25) is 0 Å². The fourth-order valence-corrected chi connectivity index (χ4v) is 1.58. The Hall–Kier alpha value is -1.68. The molecule has 0 radical (unpaired) electrons. The zero-order chi connectivity index (χ0) is 11.5. The summed E-state index contributed by atoms with van der Waals surface area (Å²) < 4.78 is 14.5. The van der Waals surface area contributed by atoms with E-state index in [-0.39, 0.29) is 11.9 Å². The lowest BCUT2D eigenvalue weighted by Crippen LogP contribution is -2.18. The normalized spacial score (nSPS) is 12.7. The van der Waals surface area contributed by atoms with Crippen LogP contribution in [-0.2, 0) is 6.54 Å². The predicted octanol–water partition coefficient (Wildman–Crippen LogP) is 2.03. The van der Waals surface area contributed by atoms with E-state index >= 15 is 0 Å². The summed E-state index contributed by atoms with van der Waals surface area (Å²) in [5, 5.41) is 4.26.